The maximum Gasteiger partial charge on any atom is 0.248 e. The van der Waals surface area contributed by atoms with Crippen LogP contribution in [0.25, 0.3) is 11.4 Å². The molecule has 2 heterocycles. The Bertz CT molecular complexity index is 1140. The largest absolute Gasteiger partial charge is 0.339 e. The highest BCUT2D eigenvalue weighted by Crippen LogP contribution is 2.29. The van der Waals surface area contributed by atoms with E-state index in [4.69, 9.17) is 4.52 Å². The lowest BCUT2D eigenvalue weighted by Gasteiger charge is -2.31. The van der Waals surface area contributed by atoms with Crippen molar-refractivity contribution in [3.63, 3.8) is 0 Å². The molecule has 0 amide bonds. The number of halogens is 2. The number of hydrogen-bond acceptors (Lipinski definition) is 5. The highest BCUT2D eigenvalue weighted by atomic mass is 32.2. The van der Waals surface area contributed by atoms with E-state index in [1.807, 2.05) is 31.2 Å². The van der Waals surface area contributed by atoms with Crippen LogP contribution in [0.4, 0.5) is 8.78 Å². The zero-order chi connectivity index (χ0) is 21.3. The summed E-state index contributed by atoms with van der Waals surface area (Å²) in [5.41, 5.74) is 1.89. The van der Waals surface area contributed by atoms with Crippen molar-refractivity contribution >= 4 is 10.0 Å². The Balaban J connectivity index is 1.51. The first-order valence-electron chi connectivity index (χ1n) is 9.69. The van der Waals surface area contributed by atoms with Crippen LogP contribution in [0, 0.1) is 24.5 Å². The van der Waals surface area contributed by atoms with Gasteiger partial charge in [-0.2, -0.15) is 9.29 Å². The van der Waals surface area contributed by atoms with Crippen molar-refractivity contribution in [3.05, 3.63) is 65.6 Å². The van der Waals surface area contributed by atoms with Crippen molar-refractivity contribution in [2.45, 2.75) is 31.1 Å². The minimum atomic E-state index is -4.28. The quantitative estimate of drug-likeness (QED) is 0.609. The standard InChI is InChI=1S/C21H21F2N3O3S/c1-14-6-2-3-8-16(14)21-24-19(29-25-21)12-15-7-5-11-26(13-15)30(27,28)20-17(22)9-4-10-18(20)23/h2-4,6,8-10,15H,5,7,11-13H2,1H3/t15-/m1/s1. The summed E-state index contributed by atoms with van der Waals surface area (Å²) >= 11 is 0. The molecule has 1 aromatic heterocycles. The second-order valence-electron chi connectivity index (χ2n) is 7.45. The summed E-state index contributed by atoms with van der Waals surface area (Å²) in [7, 11) is -4.28. The molecular formula is C21H21F2N3O3S. The number of piperidine rings is 1. The van der Waals surface area contributed by atoms with E-state index in [9.17, 15) is 17.2 Å². The average molecular weight is 433 g/mol. The van der Waals surface area contributed by atoms with Gasteiger partial charge in [0.25, 0.3) is 0 Å². The molecule has 0 unspecified atom stereocenters. The van der Waals surface area contributed by atoms with E-state index < -0.39 is 26.6 Å². The molecule has 0 saturated carbocycles. The Kier molecular flexibility index (Phi) is 5.66. The molecule has 2 aromatic carbocycles. The van der Waals surface area contributed by atoms with Gasteiger partial charge in [-0.3, -0.25) is 0 Å². The van der Waals surface area contributed by atoms with E-state index in [-0.39, 0.29) is 19.0 Å². The Morgan fingerprint density at radius 2 is 1.87 bits per heavy atom. The van der Waals surface area contributed by atoms with Crippen LogP contribution in [-0.2, 0) is 16.4 Å². The predicted octanol–water partition coefficient (Wildman–Crippen LogP) is 3.97. The maximum atomic E-state index is 14.1. The van der Waals surface area contributed by atoms with Gasteiger partial charge in [-0.25, -0.2) is 17.2 Å². The summed E-state index contributed by atoms with van der Waals surface area (Å²) in [6.45, 7) is 2.31. The second-order valence-corrected chi connectivity index (χ2v) is 9.33. The van der Waals surface area contributed by atoms with Crippen LogP contribution in [-0.4, -0.2) is 36.0 Å². The first kappa shape index (κ1) is 20.6. The Morgan fingerprint density at radius 3 is 2.60 bits per heavy atom. The molecule has 158 valence electrons. The molecule has 0 bridgehead atoms. The van der Waals surface area contributed by atoms with Gasteiger partial charge >= 0.3 is 0 Å². The van der Waals surface area contributed by atoms with Crippen LogP contribution in [0.15, 0.2) is 51.9 Å². The molecule has 0 aliphatic carbocycles. The number of sulfonamides is 1. The third kappa shape index (κ3) is 3.99. The minimum absolute atomic E-state index is 0.0893. The van der Waals surface area contributed by atoms with Crippen LogP contribution in [0.2, 0.25) is 0 Å². The number of benzene rings is 2. The van der Waals surface area contributed by atoms with E-state index in [1.165, 1.54) is 0 Å². The summed E-state index contributed by atoms with van der Waals surface area (Å²) in [6, 6.07) is 10.7. The highest BCUT2D eigenvalue weighted by molar-refractivity contribution is 7.89. The fourth-order valence-electron chi connectivity index (χ4n) is 3.79. The lowest BCUT2D eigenvalue weighted by molar-refractivity contribution is 0.246. The van der Waals surface area contributed by atoms with Gasteiger partial charge in [0.2, 0.25) is 21.7 Å². The SMILES string of the molecule is Cc1ccccc1-c1noc(C[C@H]2CCCN(S(=O)(=O)c3c(F)cccc3F)C2)n1. The average Bonchev–Trinajstić information content (AvgIpc) is 3.16. The fraction of sp³-hybridized carbons (Fsp3) is 0.333. The molecule has 0 N–H and O–H groups in total. The normalized spacial score (nSPS) is 17.9. The summed E-state index contributed by atoms with van der Waals surface area (Å²) < 4.78 is 60.3. The molecule has 1 atom stereocenters. The number of hydrogen-bond donors (Lipinski definition) is 0. The Morgan fingerprint density at radius 1 is 1.13 bits per heavy atom. The number of nitrogens with zero attached hydrogens (tertiary/aromatic N) is 3. The molecule has 3 aromatic rings. The van der Waals surface area contributed by atoms with Crippen molar-refractivity contribution in [2.75, 3.05) is 13.1 Å². The fourth-order valence-corrected chi connectivity index (χ4v) is 5.45. The molecule has 1 aliphatic heterocycles. The lowest BCUT2D eigenvalue weighted by Crippen LogP contribution is -2.41. The third-order valence-electron chi connectivity index (χ3n) is 5.32. The van der Waals surface area contributed by atoms with Crippen molar-refractivity contribution in [2.24, 2.45) is 5.92 Å². The van der Waals surface area contributed by atoms with Gasteiger partial charge in [-0.1, -0.05) is 35.5 Å². The van der Waals surface area contributed by atoms with Gasteiger partial charge in [0.15, 0.2) is 4.90 Å². The van der Waals surface area contributed by atoms with Gasteiger partial charge < -0.3 is 4.52 Å². The van der Waals surface area contributed by atoms with Gasteiger partial charge in [-0.15, -0.1) is 0 Å². The van der Waals surface area contributed by atoms with E-state index >= 15 is 0 Å². The van der Waals surface area contributed by atoms with Gasteiger partial charge in [0, 0.05) is 25.1 Å². The van der Waals surface area contributed by atoms with Crippen LogP contribution >= 0.6 is 0 Å². The van der Waals surface area contributed by atoms with Crippen molar-refractivity contribution in [1.29, 1.82) is 0 Å². The van der Waals surface area contributed by atoms with Crippen LogP contribution in [0.5, 0.6) is 0 Å². The number of rotatable bonds is 5. The topological polar surface area (TPSA) is 76.3 Å². The summed E-state index contributed by atoms with van der Waals surface area (Å²) in [5, 5.41) is 4.03. The summed E-state index contributed by atoms with van der Waals surface area (Å²) in [4.78, 5) is 3.55. The van der Waals surface area contributed by atoms with E-state index in [1.54, 1.807) is 0 Å². The van der Waals surface area contributed by atoms with Crippen LogP contribution < -0.4 is 0 Å². The third-order valence-corrected chi connectivity index (χ3v) is 7.23. The Labute approximate surface area is 173 Å². The van der Waals surface area contributed by atoms with Crippen LogP contribution in [0.1, 0.15) is 24.3 Å². The molecule has 9 heteroatoms. The monoisotopic (exact) mass is 433 g/mol. The minimum Gasteiger partial charge on any atom is -0.339 e. The maximum absolute atomic E-state index is 14.1. The van der Waals surface area contributed by atoms with Gasteiger partial charge in [-0.05, 0) is 43.4 Å². The second kappa shape index (κ2) is 8.23. The molecule has 1 saturated heterocycles. The van der Waals surface area contributed by atoms with E-state index in [0.29, 0.717) is 24.6 Å². The number of aryl methyl sites for hydroxylation is 1. The summed E-state index contributed by atoms with van der Waals surface area (Å²) in [5.74, 6) is -1.37. The highest BCUT2D eigenvalue weighted by Gasteiger charge is 2.34. The zero-order valence-corrected chi connectivity index (χ0v) is 17.2. The smallest absolute Gasteiger partial charge is 0.248 e. The molecule has 1 fully saturated rings. The van der Waals surface area contributed by atoms with Gasteiger partial charge in [0.1, 0.15) is 11.6 Å². The van der Waals surface area contributed by atoms with Gasteiger partial charge in [0.05, 0.1) is 0 Å². The zero-order valence-electron chi connectivity index (χ0n) is 16.4. The Hall–Kier alpha value is -2.65. The molecule has 6 nitrogen and oxygen atoms in total. The summed E-state index contributed by atoms with van der Waals surface area (Å²) in [6.07, 6.45) is 1.73. The van der Waals surface area contributed by atoms with Crippen molar-refractivity contribution in [1.82, 2.24) is 14.4 Å². The van der Waals surface area contributed by atoms with Crippen molar-refractivity contribution in [3.8, 4) is 11.4 Å². The van der Waals surface area contributed by atoms with Crippen molar-refractivity contribution < 1.29 is 21.7 Å². The molecule has 4 rings (SSSR count). The number of aromatic nitrogens is 2. The first-order valence-corrected chi connectivity index (χ1v) is 11.1. The van der Waals surface area contributed by atoms with Crippen LogP contribution in [0.3, 0.4) is 0 Å². The van der Waals surface area contributed by atoms with E-state index in [2.05, 4.69) is 10.1 Å². The molecule has 1 aliphatic rings. The van der Waals surface area contributed by atoms with E-state index in [0.717, 1.165) is 40.1 Å². The molecule has 0 radical (unpaired) electrons. The predicted molar refractivity (Wildman–Crippen MR) is 106 cm³/mol. The molecule has 0 spiro atoms. The first-order chi connectivity index (χ1) is 14.4. The molecular weight excluding hydrogens is 412 g/mol. The lowest BCUT2D eigenvalue weighted by atomic mass is 9.96. The molecule has 30 heavy (non-hydrogen) atoms.